The lowest BCUT2D eigenvalue weighted by molar-refractivity contribution is 0.100. The molecule has 5 nitrogen and oxygen atoms in total. The van der Waals surface area contributed by atoms with Gasteiger partial charge in [0.15, 0.2) is 0 Å². The summed E-state index contributed by atoms with van der Waals surface area (Å²) in [7, 11) is -3.66. The molecule has 2 aromatic heterocycles. The molecule has 4 N–H and O–H groups in total. The fourth-order valence-corrected chi connectivity index (χ4v) is 4.27. The molecule has 8 heteroatoms. The summed E-state index contributed by atoms with van der Waals surface area (Å²) >= 11 is 2.21. The van der Waals surface area contributed by atoms with E-state index in [0.717, 1.165) is 15.4 Å². The maximum Gasteiger partial charge on any atom is 0.258 e. The molecule has 0 bridgehead atoms. The Morgan fingerprint density at radius 1 is 1.27 bits per heavy atom. The van der Waals surface area contributed by atoms with Crippen molar-refractivity contribution < 1.29 is 13.2 Å². The number of hydrogen-bond acceptors (Lipinski definition) is 5. The Kier molecular flexibility index (Phi) is 2.30. The van der Waals surface area contributed by atoms with Crippen LogP contribution in [-0.4, -0.2) is 14.3 Å². The highest BCUT2D eigenvalue weighted by atomic mass is 32.2. The van der Waals surface area contributed by atoms with Gasteiger partial charge in [0.1, 0.15) is 4.21 Å². The van der Waals surface area contributed by atoms with E-state index in [1.807, 2.05) is 0 Å². The molecule has 2 aromatic rings. The molecule has 0 saturated heterocycles. The van der Waals surface area contributed by atoms with Crippen LogP contribution in [0.15, 0.2) is 16.3 Å². The number of carbonyl (C=O) groups excluding carboxylic acids is 1. The fraction of sp³-hybridized carbons (Fsp3) is 0. The van der Waals surface area contributed by atoms with Crippen molar-refractivity contribution >= 4 is 48.0 Å². The predicted octanol–water partition coefficient (Wildman–Crippen LogP) is 0.709. The van der Waals surface area contributed by atoms with E-state index < -0.39 is 15.9 Å². The van der Waals surface area contributed by atoms with Crippen molar-refractivity contribution in [3.63, 3.8) is 0 Å². The van der Waals surface area contributed by atoms with Crippen molar-refractivity contribution in [2.75, 3.05) is 0 Å². The molecule has 2 rings (SSSR count). The summed E-state index contributed by atoms with van der Waals surface area (Å²) < 4.78 is 22.9. The van der Waals surface area contributed by atoms with E-state index >= 15 is 0 Å². The quantitative estimate of drug-likeness (QED) is 0.832. The molecule has 0 radical (unpaired) electrons. The van der Waals surface area contributed by atoms with E-state index in [4.69, 9.17) is 10.9 Å². The van der Waals surface area contributed by atoms with E-state index in [0.29, 0.717) is 10.3 Å². The van der Waals surface area contributed by atoms with Crippen LogP contribution < -0.4 is 10.9 Å². The van der Waals surface area contributed by atoms with Crippen LogP contribution in [0.4, 0.5) is 0 Å². The van der Waals surface area contributed by atoms with Gasteiger partial charge in [-0.15, -0.1) is 22.7 Å². The first kappa shape index (κ1) is 10.6. The van der Waals surface area contributed by atoms with E-state index in [-0.39, 0.29) is 4.21 Å². The maximum atomic E-state index is 11.0. The third-order valence-corrected chi connectivity index (χ3v) is 5.54. The number of amides is 1. The van der Waals surface area contributed by atoms with Crippen molar-refractivity contribution in [3.05, 3.63) is 17.0 Å². The van der Waals surface area contributed by atoms with Gasteiger partial charge >= 0.3 is 0 Å². The first-order valence-corrected chi connectivity index (χ1v) is 6.92. The Balaban J connectivity index is 2.62. The zero-order chi connectivity index (χ0) is 11.2. The molecule has 1 amide bonds. The van der Waals surface area contributed by atoms with Crippen LogP contribution in [0.3, 0.4) is 0 Å². The molecule has 0 aromatic carbocycles. The molecule has 0 saturated carbocycles. The lowest BCUT2D eigenvalue weighted by atomic mass is 10.3. The topological polar surface area (TPSA) is 103 Å². The molecule has 0 spiro atoms. The van der Waals surface area contributed by atoms with Crippen LogP contribution in [0.5, 0.6) is 0 Å². The van der Waals surface area contributed by atoms with E-state index in [1.54, 1.807) is 6.07 Å². The second-order valence-corrected chi connectivity index (χ2v) is 6.98. The second-order valence-electron chi connectivity index (χ2n) is 2.83. The summed E-state index contributed by atoms with van der Waals surface area (Å²) in [5.74, 6) is -0.513. The summed E-state index contributed by atoms with van der Waals surface area (Å²) in [6, 6.07) is 3.01. The Morgan fingerprint density at radius 3 is 2.40 bits per heavy atom. The molecule has 2 heterocycles. The lowest BCUT2D eigenvalue weighted by Gasteiger charge is -1.88. The van der Waals surface area contributed by atoms with Gasteiger partial charge in [0, 0.05) is 5.39 Å². The van der Waals surface area contributed by atoms with Gasteiger partial charge in [-0.1, -0.05) is 0 Å². The molecule has 0 atom stereocenters. The average molecular weight is 262 g/mol. The number of fused-ring (bicyclic) bond motifs is 1. The van der Waals surface area contributed by atoms with Crippen molar-refractivity contribution in [1.82, 2.24) is 0 Å². The van der Waals surface area contributed by atoms with Gasteiger partial charge in [0.25, 0.3) is 5.91 Å². The minimum absolute atomic E-state index is 0.0970. The highest BCUT2D eigenvalue weighted by Gasteiger charge is 2.15. The smallest absolute Gasteiger partial charge is 0.258 e. The van der Waals surface area contributed by atoms with Gasteiger partial charge in [-0.3, -0.25) is 4.79 Å². The van der Waals surface area contributed by atoms with Gasteiger partial charge < -0.3 is 5.73 Å². The molecule has 0 aliphatic carbocycles. The predicted molar refractivity (Wildman–Crippen MR) is 59.6 cm³/mol. The molecule has 0 unspecified atom stereocenters. The van der Waals surface area contributed by atoms with Crippen LogP contribution >= 0.6 is 22.7 Å². The van der Waals surface area contributed by atoms with Gasteiger partial charge in [0.05, 0.1) is 8.89 Å². The van der Waals surface area contributed by atoms with E-state index in [9.17, 15) is 13.2 Å². The minimum atomic E-state index is -3.66. The first-order valence-electron chi connectivity index (χ1n) is 3.74. The number of rotatable bonds is 2. The van der Waals surface area contributed by atoms with E-state index in [2.05, 4.69) is 0 Å². The molecule has 80 valence electrons. The fourth-order valence-electron chi connectivity index (χ4n) is 1.08. The summed E-state index contributed by atoms with van der Waals surface area (Å²) in [4.78, 5) is 11.3. The third kappa shape index (κ3) is 1.88. The Hall–Kier alpha value is -0.960. The molecular weight excluding hydrogens is 256 g/mol. The highest BCUT2D eigenvalue weighted by molar-refractivity contribution is 7.91. The summed E-state index contributed by atoms with van der Waals surface area (Å²) in [6.45, 7) is 0. The lowest BCUT2D eigenvalue weighted by Crippen LogP contribution is -2.10. The van der Waals surface area contributed by atoms with Crippen LogP contribution in [0, 0.1) is 0 Å². The Morgan fingerprint density at radius 2 is 1.93 bits per heavy atom. The minimum Gasteiger partial charge on any atom is -0.365 e. The zero-order valence-electron chi connectivity index (χ0n) is 7.26. The van der Waals surface area contributed by atoms with Crippen molar-refractivity contribution in [1.29, 1.82) is 0 Å². The van der Waals surface area contributed by atoms with Crippen molar-refractivity contribution in [3.8, 4) is 0 Å². The summed E-state index contributed by atoms with van der Waals surface area (Å²) in [5, 5.41) is 5.66. The first-order chi connectivity index (χ1) is 6.88. The zero-order valence-corrected chi connectivity index (χ0v) is 9.71. The normalized spacial score (nSPS) is 12.1. The maximum absolute atomic E-state index is 11.0. The highest BCUT2D eigenvalue weighted by Crippen LogP contribution is 2.34. The standard InChI is InChI=1S/C7H6N2O3S3/c8-6(10)4-1-3-2-5(15(9,11)12)14-7(3)13-4/h1-2H,(H2,8,10)(H2,9,11,12). The number of primary amides is 1. The Bertz CT molecular complexity index is 606. The average Bonchev–Trinajstić information content (AvgIpc) is 2.55. The van der Waals surface area contributed by atoms with Crippen LogP contribution in [-0.2, 0) is 10.0 Å². The summed E-state index contributed by atoms with van der Waals surface area (Å²) in [6.07, 6.45) is 0. The molecule has 15 heavy (non-hydrogen) atoms. The largest absolute Gasteiger partial charge is 0.365 e. The van der Waals surface area contributed by atoms with Crippen molar-refractivity contribution in [2.45, 2.75) is 4.21 Å². The second kappa shape index (κ2) is 3.27. The number of nitrogens with two attached hydrogens (primary N) is 2. The molecule has 0 aliphatic rings. The molecule has 0 aliphatic heterocycles. The van der Waals surface area contributed by atoms with Gasteiger partial charge in [0.2, 0.25) is 10.0 Å². The number of primary sulfonamides is 1. The summed E-state index contributed by atoms with van der Waals surface area (Å²) in [5.41, 5.74) is 5.09. The van der Waals surface area contributed by atoms with Crippen molar-refractivity contribution in [2.24, 2.45) is 10.9 Å². The number of thiophene rings is 2. The van der Waals surface area contributed by atoms with Gasteiger partial charge in [-0.25, -0.2) is 13.6 Å². The monoisotopic (exact) mass is 262 g/mol. The van der Waals surface area contributed by atoms with Crippen LogP contribution in [0.1, 0.15) is 9.67 Å². The van der Waals surface area contributed by atoms with Gasteiger partial charge in [-0.2, -0.15) is 0 Å². The molecule has 0 fully saturated rings. The van der Waals surface area contributed by atoms with E-state index in [1.165, 1.54) is 17.4 Å². The van der Waals surface area contributed by atoms with Crippen LogP contribution in [0.25, 0.3) is 9.40 Å². The number of sulfonamides is 1. The van der Waals surface area contributed by atoms with Crippen LogP contribution in [0.2, 0.25) is 0 Å². The number of carbonyl (C=O) groups is 1. The molecular formula is C7H6N2O3S3. The Labute approximate surface area is 93.4 Å². The third-order valence-electron chi connectivity index (χ3n) is 1.71. The SMILES string of the molecule is NC(=O)c1cc2cc(S(N)(=O)=O)sc2s1. The number of hydrogen-bond donors (Lipinski definition) is 2. The van der Waals surface area contributed by atoms with Gasteiger partial charge in [-0.05, 0) is 12.1 Å².